The fourth-order valence-electron chi connectivity index (χ4n) is 5.31. The van der Waals surface area contributed by atoms with Gasteiger partial charge in [-0.15, -0.1) is 0 Å². The Bertz CT molecular complexity index is 1420. The van der Waals surface area contributed by atoms with E-state index < -0.39 is 5.91 Å². The number of carbonyl (C=O) groups is 2. The summed E-state index contributed by atoms with van der Waals surface area (Å²) in [7, 11) is 0. The predicted octanol–water partition coefficient (Wildman–Crippen LogP) is 2.69. The fourth-order valence-corrected chi connectivity index (χ4v) is 5.31. The normalized spacial score (nSPS) is 17.8. The Morgan fingerprint density at radius 2 is 1.97 bits per heavy atom. The van der Waals surface area contributed by atoms with E-state index in [-0.39, 0.29) is 11.3 Å². The van der Waals surface area contributed by atoms with Crippen LogP contribution in [-0.4, -0.2) is 63.6 Å². The molecule has 3 aliphatic heterocycles. The number of nitrogens with one attached hydrogen (secondary N) is 1. The van der Waals surface area contributed by atoms with Crippen LogP contribution in [0.25, 0.3) is 0 Å². The smallest absolute Gasteiger partial charge is 0.276 e. The number of carbonyl (C=O) groups excluding carboxylic acids is 2. The van der Waals surface area contributed by atoms with Crippen molar-refractivity contribution in [1.29, 1.82) is 0 Å². The number of aliphatic imine (C=N–C) groups is 1. The SMILES string of the molecule is CCn1nc(C)cc1C(=O)NC1=NC=C2C(C(N)=O)=CN(CCOCc3ccccc3)CC3=C2N1CC3(C)C. The van der Waals surface area contributed by atoms with Crippen molar-refractivity contribution in [2.24, 2.45) is 16.1 Å². The van der Waals surface area contributed by atoms with Gasteiger partial charge in [0.15, 0.2) is 0 Å². The first kappa shape index (κ1) is 26.4. The molecule has 3 N–H and O–H groups in total. The number of allylic oxidation sites excluding steroid dienone is 1. The van der Waals surface area contributed by atoms with Crippen LogP contribution >= 0.6 is 0 Å². The highest BCUT2D eigenvalue weighted by molar-refractivity contribution is 6.07. The summed E-state index contributed by atoms with van der Waals surface area (Å²) in [6, 6.07) is 11.8. The molecule has 39 heavy (non-hydrogen) atoms. The first-order chi connectivity index (χ1) is 18.7. The van der Waals surface area contributed by atoms with Crippen LogP contribution in [0, 0.1) is 12.3 Å². The van der Waals surface area contributed by atoms with Crippen LogP contribution in [-0.2, 0) is 22.7 Å². The van der Waals surface area contributed by atoms with Gasteiger partial charge >= 0.3 is 0 Å². The Hall–Kier alpha value is -4.18. The number of amides is 2. The molecule has 10 heteroatoms. The minimum absolute atomic E-state index is 0.240. The average molecular weight is 530 g/mol. The lowest BCUT2D eigenvalue weighted by molar-refractivity contribution is -0.114. The van der Waals surface area contributed by atoms with Gasteiger partial charge < -0.3 is 20.3 Å². The van der Waals surface area contributed by atoms with Crippen LogP contribution in [0.5, 0.6) is 0 Å². The summed E-state index contributed by atoms with van der Waals surface area (Å²) in [6.45, 7) is 11.5. The molecule has 0 atom stereocenters. The van der Waals surface area contributed by atoms with E-state index in [1.165, 1.54) is 0 Å². The van der Waals surface area contributed by atoms with Gasteiger partial charge in [-0.25, -0.2) is 4.99 Å². The number of ether oxygens (including phenoxy) is 1. The predicted molar refractivity (Wildman–Crippen MR) is 148 cm³/mol. The number of hydrogen-bond acceptors (Lipinski definition) is 7. The average Bonchev–Trinajstić information content (AvgIpc) is 3.35. The first-order valence-electron chi connectivity index (χ1n) is 13.2. The van der Waals surface area contributed by atoms with Crippen LogP contribution in [0.1, 0.15) is 42.5 Å². The summed E-state index contributed by atoms with van der Waals surface area (Å²) in [5.74, 6) is -0.386. The third kappa shape index (κ3) is 5.24. The molecule has 0 spiro atoms. The van der Waals surface area contributed by atoms with Gasteiger partial charge in [0.2, 0.25) is 5.96 Å². The van der Waals surface area contributed by atoms with E-state index >= 15 is 0 Å². The van der Waals surface area contributed by atoms with Gasteiger partial charge in [-0.3, -0.25) is 19.6 Å². The Balaban J connectivity index is 1.40. The molecule has 0 saturated carbocycles. The van der Waals surface area contributed by atoms with E-state index in [9.17, 15) is 9.59 Å². The maximum Gasteiger partial charge on any atom is 0.276 e. The van der Waals surface area contributed by atoms with Crippen molar-refractivity contribution in [2.75, 3.05) is 26.2 Å². The van der Waals surface area contributed by atoms with Crippen molar-refractivity contribution in [3.05, 3.63) is 88.2 Å². The van der Waals surface area contributed by atoms with Gasteiger partial charge in [0.05, 0.1) is 30.2 Å². The van der Waals surface area contributed by atoms with E-state index in [2.05, 4.69) is 34.2 Å². The highest BCUT2D eigenvalue weighted by Crippen LogP contribution is 2.46. The molecule has 2 aromatic rings. The summed E-state index contributed by atoms with van der Waals surface area (Å²) in [4.78, 5) is 34.5. The molecule has 3 aliphatic rings. The number of nitrogens with zero attached hydrogens (tertiary/aromatic N) is 5. The first-order valence-corrected chi connectivity index (χ1v) is 13.2. The monoisotopic (exact) mass is 529 g/mol. The Kier molecular flexibility index (Phi) is 7.14. The summed E-state index contributed by atoms with van der Waals surface area (Å²) in [5, 5.41) is 7.37. The number of aryl methyl sites for hydroxylation is 2. The molecule has 204 valence electrons. The van der Waals surface area contributed by atoms with E-state index in [1.54, 1.807) is 16.9 Å². The van der Waals surface area contributed by atoms with Crippen molar-refractivity contribution in [1.82, 2.24) is 24.9 Å². The molecule has 0 aliphatic carbocycles. The molecular formula is C29H35N7O3. The topological polar surface area (TPSA) is 118 Å². The molecular weight excluding hydrogens is 494 g/mol. The number of primary amides is 1. The number of hydrogen-bond donors (Lipinski definition) is 2. The third-order valence-electron chi connectivity index (χ3n) is 7.28. The molecule has 1 aromatic carbocycles. The molecule has 10 nitrogen and oxygen atoms in total. The Morgan fingerprint density at radius 1 is 1.21 bits per heavy atom. The van der Waals surface area contributed by atoms with Gasteiger partial charge in [0.25, 0.3) is 11.8 Å². The lowest BCUT2D eigenvalue weighted by Crippen LogP contribution is -2.46. The fraction of sp³-hybridized carbons (Fsp3) is 0.379. The number of rotatable bonds is 8. The molecule has 0 unspecified atom stereocenters. The minimum atomic E-state index is -0.528. The molecule has 4 heterocycles. The summed E-state index contributed by atoms with van der Waals surface area (Å²) in [6.07, 6.45) is 3.45. The van der Waals surface area contributed by atoms with Crippen molar-refractivity contribution in [3.63, 3.8) is 0 Å². The van der Waals surface area contributed by atoms with Crippen LogP contribution in [0.15, 0.2) is 76.2 Å². The van der Waals surface area contributed by atoms with Crippen LogP contribution in [0.4, 0.5) is 0 Å². The van der Waals surface area contributed by atoms with Gasteiger partial charge in [0.1, 0.15) is 5.69 Å². The summed E-state index contributed by atoms with van der Waals surface area (Å²) < 4.78 is 7.60. The molecule has 0 bridgehead atoms. The molecule has 2 amide bonds. The molecule has 5 rings (SSSR count). The second-order valence-electron chi connectivity index (χ2n) is 10.6. The number of aromatic nitrogens is 2. The third-order valence-corrected chi connectivity index (χ3v) is 7.28. The molecule has 1 aromatic heterocycles. The van der Waals surface area contributed by atoms with E-state index in [0.717, 1.165) is 22.5 Å². The van der Waals surface area contributed by atoms with Crippen molar-refractivity contribution < 1.29 is 14.3 Å². The van der Waals surface area contributed by atoms with Crippen LogP contribution in [0.3, 0.4) is 0 Å². The lowest BCUT2D eigenvalue weighted by Gasteiger charge is -2.30. The largest absolute Gasteiger partial charge is 0.375 e. The standard InChI is InChI=1S/C29H35N7O3/c1-5-36-24(13-19(2)33-36)27(38)32-28-31-14-21-22(26(30)37)15-34(11-12-39-17-20-9-7-6-8-10-20)16-23-25(21)35(28)18-29(23,3)4/h6-10,13-15H,5,11-12,16-18H2,1-4H3,(H2,30,37)(H,31,32,38). The van der Waals surface area contributed by atoms with Gasteiger partial charge in [-0.1, -0.05) is 44.2 Å². The second kappa shape index (κ2) is 10.5. The van der Waals surface area contributed by atoms with Crippen LogP contribution < -0.4 is 11.1 Å². The maximum atomic E-state index is 13.2. The number of nitrogens with two attached hydrogens (primary N) is 1. The van der Waals surface area contributed by atoms with Gasteiger partial charge in [0, 0.05) is 49.6 Å². The van der Waals surface area contributed by atoms with Crippen LogP contribution in [0.2, 0.25) is 0 Å². The highest BCUT2D eigenvalue weighted by atomic mass is 16.5. The molecule has 0 saturated heterocycles. The van der Waals surface area contributed by atoms with E-state index in [1.807, 2.05) is 55.3 Å². The Morgan fingerprint density at radius 3 is 2.69 bits per heavy atom. The van der Waals surface area contributed by atoms with E-state index in [0.29, 0.717) is 62.2 Å². The number of benzene rings is 1. The number of guanidine groups is 1. The van der Waals surface area contributed by atoms with E-state index in [4.69, 9.17) is 10.5 Å². The molecule has 0 radical (unpaired) electrons. The van der Waals surface area contributed by atoms with Crippen molar-refractivity contribution in [2.45, 2.75) is 40.8 Å². The second-order valence-corrected chi connectivity index (χ2v) is 10.6. The zero-order chi connectivity index (χ0) is 27.7. The zero-order valence-corrected chi connectivity index (χ0v) is 22.9. The van der Waals surface area contributed by atoms with Crippen molar-refractivity contribution in [3.8, 4) is 0 Å². The van der Waals surface area contributed by atoms with Gasteiger partial charge in [-0.2, -0.15) is 5.10 Å². The maximum absolute atomic E-state index is 13.2. The zero-order valence-electron chi connectivity index (χ0n) is 22.9. The minimum Gasteiger partial charge on any atom is -0.375 e. The summed E-state index contributed by atoms with van der Waals surface area (Å²) in [5.41, 5.74) is 11.1. The quantitative estimate of drug-likeness (QED) is 0.508. The Labute approximate surface area is 228 Å². The van der Waals surface area contributed by atoms with Gasteiger partial charge in [-0.05, 0) is 31.1 Å². The summed E-state index contributed by atoms with van der Waals surface area (Å²) >= 11 is 0. The molecule has 0 fully saturated rings. The van der Waals surface area contributed by atoms with Crippen molar-refractivity contribution >= 4 is 17.8 Å². The highest BCUT2D eigenvalue weighted by Gasteiger charge is 2.45. The lowest BCUT2D eigenvalue weighted by atomic mass is 9.84.